The first-order valence-electron chi connectivity index (χ1n) is 10.4. The summed E-state index contributed by atoms with van der Waals surface area (Å²) in [5.74, 6) is -1.49. The van der Waals surface area contributed by atoms with Crippen molar-refractivity contribution in [3.63, 3.8) is 0 Å². The summed E-state index contributed by atoms with van der Waals surface area (Å²) in [5, 5.41) is 11.5. The van der Waals surface area contributed by atoms with E-state index in [4.69, 9.17) is 4.42 Å². The van der Waals surface area contributed by atoms with Crippen LogP contribution in [0, 0.1) is 0 Å². The lowest BCUT2D eigenvalue weighted by Gasteiger charge is -2.29. The molecule has 0 saturated carbocycles. The van der Waals surface area contributed by atoms with Gasteiger partial charge in [0.15, 0.2) is 11.5 Å². The average Bonchev–Trinajstić information content (AvgIpc) is 3.34. The maximum Gasteiger partial charge on any atom is 0.290 e. The number of amides is 1. The van der Waals surface area contributed by atoms with Crippen LogP contribution in [0.25, 0.3) is 11.0 Å². The van der Waals surface area contributed by atoms with Gasteiger partial charge in [-0.2, -0.15) is 0 Å². The van der Waals surface area contributed by atoms with Gasteiger partial charge < -0.3 is 19.3 Å². The number of fused-ring (bicyclic) bond motifs is 1. The molecular weight excluding hydrogens is 394 g/mol. The van der Waals surface area contributed by atoms with E-state index in [2.05, 4.69) is 23.7 Å². The van der Waals surface area contributed by atoms with E-state index in [-0.39, 0.29) is 11.3 Å². The SMILES string of the molecule is CCN(CC)CCN1C(=O)C(O)=C(C(=O)c2cc3ccccc3o2)[C@@H]1c1cccnc1. The van der Waals surface area contributed by atoms with Crippen molar-refractivity contribution in [2.75, 3.05) is 26.2 Å². The zero-order chi connectivity index (χ0) is 22.0. The first-order chi connectivity index (χ1) is 15.0. The molecule has 0 spiro atoms. The Labute approximate surface area is 180 Å². The van der Waals surface area contributed by atoms with Gasteiger partial charge in [0.2, 0.25) is 5.78 Å². The van der Waals surface area contributed by atoms with E-state index < -0.39 is 23.5 Å². The first-order valence-corrected chi connectivity index (χ1v) is 10.4. The molecule has 1 aromatic carbocycles. The van der Waals surface area contributed by atoms with Crippen molar-refractivity contribution in [2.45, 2.75) is 19.9 Å². The van der Waals surface area contributed by atoms with Gasteiger partial charge in [-0.15, -0.1) is 0 Å². The minimum Gasteiger partial charge on any atom is -0.503 e. The van der Waals surface area contributed by atoms with Crippen LogP contribution in [0.1, 0.15) is 36.0 Å². The summed E-state index contributed by atoms with van der Waals surface area (Å²) < 4.78 is 5.73. The number of furan rings is 1. The second-order valence-electron chi connectivity index (χ2n) is 7.45. The normalized spacial score (nSPS) is 16.7. The summed E-state index contributed by atoms with van der Waals surface area (Å²) in [4.78, 5) is 34.3. The molecule has 0 bridgehead atoms. The molecule has 0 aliphatic carbocycles. The third kappa shape index (κ3) is 3.84. The largest absolute Gasteiger partial charge is 0.503 e. The van der Waals surface area contributed by atoms with E-state index in [9.17, 15) is 14.7 Å². The smallest absolute Gasteiger partial charge is 0.290 e. The molecule has 3 aromatic rings. The Bertz CT molecular complexity index is 1100. The summed E-state index contributed by atoms with van der Waals surface area (Å²) >= 11 is 0. The Balaban J connectivity index is 1.73. The summed E-state index contributed by atoms with van der Waals surface area (Å²) in [6, 6.07) is 11.8. The summed E-state index contributed by atoms with van der Waals surface area (Å²) in [6.07, 6.45) is 3.25. The average molecular weight is 419 g/mol. The molecule has 4 rings (SSSR count). The molecule has 7 heteroatoms. The number of hydrogen-bond donors (Lipinski definition) is 1. The number of nitrogens with zero attached hydrogens (tertiary/aromatic N) is 3. The molecule has 7 nitrogen and oxygen atoms in total. The van der Waals surface area contributed by atoms with Crippen LogP contribution in [-0.2, 0) is 4.79 Å². The molecule has 1 amide bonds. The van der Waals surface area contributed by atoms with Crippen molar-refractivity contribution in [1.29, 1.82) is 0 Å². The van der Waals surface area contributed by atoms with Gasteiger partial charge in [0, 0.05) is 30.9 Å². The number of aliphatic hydroxyl groups is 1. The van der Waals surface area contributed by atoms with Gasteiger partial charge in [-0.25, -0.2) is 0 Å². The Kier molecular flexibility index (Phi) is 5.86. The Morgan fingerprint density at radius 1 is 1.19 bits per heavy atom. The highest BCUT2D eigenvalue weighted by Gasteiger charge is 2.44. The number of hydrogen-bond acceptors (Lipinski definition) is 6. The number of ketones is 1. The van der Waals surface area contributed by atoms with Gasteiger partial charge in [-0.3, -0.25) is 14.6 Å². The topological polar surface area (TPSA) is 86.9 Å². The lowest BCUT2D eigenvalue weighted by atomic mass is 9.96. The highest BCUT2D eigenvalue weighted by Crippen LogP contribution is 2.39. The molecule has 31 heavy (non-hydrogen) atoms. The number of pyridine rings is 1. The second-order valence-corrected chi connectivity index (χ2v) is 7.45. The molecule has 0 unspecified atom stereocenters. The van der Waals surface area contributed by atoms with Crippen LogP contribution in [0.4, 0.5) is 0 Å². The van der Waals surface area contributed by atoms with Crippen LogP contribution >= 0.6 is 0 Å². The van der Waals surface area contributed by atoms with E-state index in [1.165, 1.54) is 0 Å². The molecule has 0 radical (unpaired) electrons. The van der Waals surface area contributed by atoms with Crippen LogP contribution in [0.5, 0.6) is 0 Å². The number of aliphatic hydroxyl groups excluding tert-OH is 1. The van der Waals surface area contributed by atoms with E-state index in [1.807, 2.05) is 18.2 Å². The summed E-state index contributed by atoms with van der Waals surface area (Å²) in [5.41, 5.74) is 1.27. The van der Waals surface area contributed by atoms with E-state index in [1.54, 1.807) is 41.6 Å². The van der Waals surface area contributed by atoms with Gasteiger partial charge in [0.25, 0.3) is 5.91 Å². The van der Waals surface area contributed by atoms with E-state index >= 15 is 0 Å². The van der Waals surface area contributed by atoms with Crippen molar-refractivity contribution in [1.82, 2.24) is 14.8 Å². The van der Waals surface area contributed by atoms with Crippen LogP contribution in [-0.4, -0.2) is 57.8 Å². The second kappa shape index (κ2) is 8.73. The van der Waals surface area contributed by atoms with Crippen LogP contribution in [0.15, 0.2) is 70.6 Å². The lowest BCUT2D eigenvalue weighted by molar-refractivity contribution is -0.129. The lowest BCUT2D eigenvalue weighted by Crippen LogP contribution is -2.38. The van der Waals surface area contributed by atoms with Crippen LogP contribution < -0.4 is 0 Å². The predicted molar refractivity (Wildman–Crippen MR) is 117 cm³/mol. The van der Waals surface area contributed by atoms with Crippen LogP contribution in [0.3, 0.4) is 0 Å². The minimum absolute atomic E-state index is 0.0246. The van der Waals surface area contributed by atoms with Gasteiger partial charge in [0.05, 0.1) is 11.6 Å². The van der Waals surface area contributed by atoms with Crippen molar-refractivity contribution in [3.05, 3.63) is 77.5 Å². The van der Waals surface area contributed by atoms with Crippen molar-refractivity contribution >= 4 is 22.7 Å². The number of Topliss-reactive ketones (excluding diaryl/α,β-unsaturated/α-hetero) is 1. The zero-order valence-corrected chi connectivity index (χ0v) is 17.6. The number of benzene rings is 1. The maximum atomic E-state index is 13.4. The highest BCUT2D eigenvalue weighted by molar-refractivity contribution is 6.16. The zero-order valence-electron chi connectivity index (χ0n) is 17.6. The summed E-state index contributed by atoms with van der Waals surface area (Å²) in [7, 11) is 0. The molecule has 160 valence electrons. The molecule has 2 aromatic heterocycles. The number of carbonyl (C=O) groups is 2. The van der Waals surface area contributed by atoms with E-state index in [0.717, 1.165) is 18.5 Å². The fourth-order valence-electron chi connectivity index (χ4n) is 4.02. The van der Waals surface area contributed by atoms with Gasteiger partial charge in [0.1, 0.15) is 5.58 Å². The summed E-state index contributed by atoms with van der Waals surface area (Å²) in [6.45, 7) is 6.82. The van der Waals surface area contributed by atoms with Crippen molar-refractivity contribution in [3.8, 4) is 0 Å². The Morgan fingerprint density at radius 3 is 2.65 bits per heavy atom. The molecule has 1 aliphatic rings. The fraction of sp³-hybridized carbons (Fsp3) is 0.292. The first kappa shape index (κ1) is 20.8. The monoisotopic (exact) mass is 419 g/mol. The third-order valence-corrected chi connectivity index (χ3v) is 5.75. The maximum absolute atomic E-state index is 13.4. The third-order valence-electron chi connectivity index (χ3n) is 5.75. The standard InChI is InChI=1S/C24H25N3O4/c1-3-26(4-2)12-13-27-21(17-9-7-11-25-15-17)20(23(29)24(27)30)22(28)19-14-16-8-5-6-10-18(16)31-19/h5-11,14-15,21,29H,3-4,12-13H2,1-2H3/t21-/m0/s1. The van der Waals surface area contributed by atoms with Crippen LogP contribution in [0.2, 0.25) is 0 Å². The molecule has 1 N–H and O–H groups in total. The predicted octanol–water partition coefficient (Wildman–Crippen LogP) is 3.75. The molecule has 1 aliphatic heterocycles. The van der Waals surface area contributed by atoms with Gasteiger partial charge >= 0.3 is 0 Å². The Morgan fingerprint density at radius 2 is 1.97 bits per heavy atom. The molecule has 3 heterocycles. The molecule has 1 atom stereocenters. The fourth-order valence-corrected chi connectivity index (χ4v) is 4.02. The number of likely N-dealkylation sites (N-methyl/N-ethyl adjacent to an activating group) is 1. The van der Waals surface area contributed by atoms with Gasteiger partial charge in [-0.1, -0.05) is 38.1 Å². The molecular formula is C24H25N3O4. The molecule has 0 saturated heterocycles. The number of carbonyl (C=O) groups excluding carboxylic acids is 2. The molecule has 0 fully saturated rings. The Hall–Kier alpha value is -3.45. The number of rotatable bonds is 8. The quantitative estimate of drug-likeness (QED) is 0.560. The van der Waals surface area contributed by atoms with Crippen molar-refractivity contribution < 1.29 is 19.1 Å². The highest BCUT2D eigenvalue weighted by atomic mass is 16.3. The number of aromatic nitrogens is 1. The van der Waals surface area contributed by atoms with Gasteiger partial charge in [-0.05, 0) is 36.9 Å². The van der Waals surface area contributed by atoms with E-state index in [0.29, 0.717) is 24.2 Å². The minimum atomic E-state index is -0.725. The van der Waals surface area contributed by atoms with Crippen molar-refractivity contribution in [2.24, 2.45) is 0 Å². The number of para-hydroxylation sites is 1.